The number of anilines is 1. The summed E-state index contributed by atoms with van der Waals surface area (Å²) in [5, 5.41) is 6.08. The summed E-state index contributed by atoms with van der Waals surface area (Å²) in [6.07, 6.45) is 1.24. The molecule has 9 heteroatoms. The van der Waals surface area contributed by atoms with Gasteiger partial charge in [0, 0.05) is 37.3 Å². The van der Waals surface area contributed by atoms with Gasteiger partial charge in [0.05, 0.1) is 11.6 Å². The topological polar surface area (TPSA) is 66.5 Å². The van der Waals surface area contributed by atoms with Gasteiger partial charge >= 0.3 is 12.2 Å². The molecular formula is C23H25F3N4O2. The van der Waals surface area contributed by atoms with E-state index in [1.165, 1.54) is 6.20 Å². The zero-order chi connectivity index (χ0) is 22.3. The number of carbonyl (C=O) groups excluding carboxylic acids is 1. The van der Waals surface area contributed by atoms with Crippen LogP contribution in [0.1, 0.15) is 49.3 Å². The lowest BCUT2D eigenvalue weighted by Crippen LogP contribution is -2.52. The van der Waals surface area contributed by atoms with Gasteiger partial charge in [-0.3, -0.25) is 0 Å². The SMILES string of the molecule is O=C(N[C@H]1CCN(c2cc(C(F)(F)F)ccn2)C1)N[C@@H]1CC2(CCC2)Oc2ccccc21. The molecule has 1 saturated heterocycles. The largest absolute Gasteiger partial charge is 0.487 e. The van der Waals surface area contributed by atoms with Gasteiger partial charge in [0.15, 0.2) is 0 Å². The van der Waals surface area contributed by atoms with Gasteiger partial charge in [-0.1, -0.05) is 18.2 Å². The first-order valence-corrected chi connectivity index (χ1v) is 10.9. The zero-order valence-corrected chi connectivity index (χ0v) is 17.5. The molecule has 2 N–H and O–H groups in total. The van der Waals surface area contributed by atoms with Gasteiger partial charge in [0.25, 0.3) is 0 Å². The van der Waals surface area contributed by atoms with Crippen molar-refractivity contribution in [2.75, 3.05) is 18.0 Å². The van der Waals surface area contributed by atoms with Crippen LogP contribution in [0.15, 0.2) is 42.6 Å². The Hall–Kier alpha value is -2.97. The second-order valence-corrected chi connectivity index (χ2v) is 8.88. The molecule has 2 aromatic rings. The smallest absolute Gasteiger partial charge is 0.416 e. The molecule has 2 aliphatic heterocycles. The van der Waals surface area contributed by atoms with Crippen LogP contribution in [0.2, 0.25) is 0 Å². The number of nitrogens with zero attached hydrogens (tertiary/aromatic N) is 2. The Bertz CT molecular complexity index is 1010. The number of pyridine rings is 1. The van der Waals surface area contributed by atoms with Crippen molar-refractivity contribution in [2.45, 2.75) is 56.0 Å². The van der Waals surface area contributed by atoms with Crippen LogP contribution in [-0.4, -0.2) is 35.7 Å². The van der Waals surface area contributed by atoms with Crippen LogP contribution in [0.3, 0.4) is 0 Å². The van der Waals surface area contributed by atoms with E-state index in [1.807, 2.05) is 24.3 Å². The fourth-order valence-corrected chi connectivity index (χ4v) is 4.86. The zero-order valence-electron chi connectivity index (χ0n) is 17.5. The quantitative estimate of drug-likeness (QED) is 0.732. The summed E-state index contributed by atoms with van der Waals surface area (Å²) in [5.41, 5.74) is 0.0622. The highest BCUT2D eigenvalue weighted by Crippen LogP contribution is 2.48. The van der Waals surface area contributed by atoms with E-state index < -0.39 is 11.7 Å². The summed E-state index contributed by atoms with van der Waals surface area (Å²) >= 11 is 0. The van der Waals surface area contributed by atoms with Gasteiger partial charge in [0.2, 0.25) is 0 Å². The first-order valence-electron chi connectivity index (χ1n) is 10.9. The number of alkyl halides is 3. The molecule has 6 nitrogen and oxygen atoms in total. The van der Waals surface area contributed by atoms with Crippen molar-refractivity contribution < 1.29 is 22.7 Å². The standard InChI is InChI=1S/C23H25F3N4O2/c24-23(25,26)15-6-10-27-20(12-15)30-11-7-16(14-30)28-21(31)29-18-13-22(8-3-9-22)32-19-5-2-1-4-17(18)19/h1-2,4-6,10,12,16,18H,3,7-9,11,13-14H2,(H2,28,29,31)/t16-,18+/m0/s1. The second kappa shape index (κ2) is 7.86. The molecule has 2 atom stereocenters. The Morgan fingerprint density at radius 1 is 1.19 bits per heavy atom. The van der Waals surface area contributed by atoms with E-state index in [4.69, 9.17) is 4.74 Å². The number of rotatable bonds is 3. The van der Waals surface area contributed by atoms with E-state index >= 15 is 0 Å². The molecule has 1 saturated carbocycles. The summed E-state index contributed by atoms with van der Waals surface area (Å²) in [5.74, 6) is 1.10. The number of para-hydroxylation sites is 1. The van der Waals surface area contributed by atoms with Crippen LogP contribution in [0.4, 0.5) is 23.8 Å². The minimum absolute atomic E-state index is 0.136. The average Bonchev–Trinajstić information content (AvgIpc) is 3.20. The van der Waals surface area contributed by atoms with Gasteiger partial charge in [-0.2, -0.15) is 13.2 Å². The number of halogens is 3. The van der Waals surface area contributed by atoms with E-state index in [0.29, 0.717) is 19.5 Å². The Morgan fingerprint density at radius 2 is 2.00 bits per heavy atom. The molecule has 2 amide bonds. The van der Waals surface area contributed by atoms with E-state index in [-0.39, 0.29) is 29.5 Å². The maximum absolute atomic E-state index is 13.0. The molecule has 0 bridgehead atoms. The summed E-state index contributed by atoms with van der Waals surface area (Å²) < 4.78 is 45.2. The van der Waals surface area contributed by atoms with Crippen molar-refractivity contribution in [3.05, 3.63) is 53.7 Å². The third-order valence-corrected chi connectivity index (χ3v) is 6.69. The molecule has 1 aromatic carbocycles. The highest BCUT2D eigenvalue weighted by molar-refractivity contribution is 5.75. The van der Waals surface area contributed by atoms with Crippen LogP contribution >= 0.6 is 0 Å². The number of urea groups is 1. The Kier molecular flexibility index (Phi) is 5.14. The maximum Gasteiger partial charge on any atom is 0.416 e. The average molecular weight is 446 g/mol. The highest BCUT2D eigenvalue weighted by atomic mass is 19.4. The Labute approximate surface area is 184 Å². The molecule has 3 heterocycles. The first-order chi connectivity index (χ1) is 15.3. The molecule has 2 fully saturated rings. The van der Waals surface area contributed by atoms with Gasteiger partial charge in [-0.05, 0) is 43.9 Å². The predicted molar refractivity (Wildman–Crippen MR) is 113 cm³/mol. The summed E-state index contributed by atoms with van der Waals surface area (Å²) in [4.78, 5) is 18.6. The monoisotopic (exact) mass is 446 g/mol. The van der Waals surface area contributed by atoms with Gasteiger partial charge < -0.3 is 20.3 Å². The minimum atomic E-state index is -4.41. The lowest BCUT2D eigenvalue weighted by Gasteiger charge is -2.48. The second-order valence-electron chi connectivity index (χ2n) is 8.88. The van der Waals surface area contributed by atoms with E-state index in [2.05, 4.69) is 15.6 Å². The van der Waals surface area contributed by atoms with Crippen molar-refractivity contribution in [2.24, 2.45) is 0 Å². The maximum atomic E-state index is 13.0. The van der Waals surface area contributed by atoms with Crippen molar-refractivity contribution in [1.29, 1.82) is 0 Å². The normalized spacial score (nSPS) is 23.8. The third kappa shape index (κ3) is 4.08. The lowest BCUT2D eigenvalue weighted by molar-refractivity contribution is -0.137. The summed E-state index contributed by atoms with van der Waals surface area (Å²) in [6, 6.07) is 9.23. The Balaban J connectivity index is 1.21. The molecule has 1 spiro atoms. The molecule has 1 aromatic heterocycles. The van der Waals surface area contributed by atoms with Gasteiger partial charge in [-0.15, -0.1) is 0 Å². The number of benzene rings is 1. The summed E-state index contributed by atoms with van der Waals surface area (Å²) in [7, 11) is 0. The van der Waals surface area contributed by atoms with E-state index in [0.717, 1.165) is 49.1 Å². The summed E-state index contributed by atoms with van der Waals surface area (Å²) in [6.45, 7) is 0.943. The van der Waals surface area contributed by atoms with Crippen LogP contribution in [-0.2, 0) is 6.18 Å². The number of aromatic nitrogens is 1. The third-order valence-electron chi connectivity index (χ3n) is 6.69. The minimum Gasteiger partial charge on any atom is -0.487 e. The molecule has 3 aliphatic rings. The first kappa shape index (κ1) is 20.9. The molecule has 5 rings (SSSR count). The number of nitrogens with one attached hydrogen (secondary N) is 2. The van der Waals surface area contributed by atoms with Gasteiger partial charge in [-0.25, -0.2) is 9.78 Å². The van der Waals surface area contributed by atoms with Crippen LogP contribution in [0.25, 0.3) is 0 Å². The van der Waals surface area contributed by atoms with Crippen LogP contribution < -0.4 is 20.3 Å². The Morgan fingerprint density at radius 3 is 2.75 bits per heavy atom. The number of fused-ring (bicyclic) bond motifs is 1. The van der Waals surface area contributed by atoms with E-state index in [1.54, 1.807) is 4.90 Å². The molecule has 32 heavy (non-hydrogen) atoms. The van der Waals surface area contributed by atoms with Crippen LogP contribution in [0, 0.1) is 0 Å². The van der Waals surface area contributed by atoms with Crippen molar-refractivity contribution >= 4 is 11.8 Å². The van der Waals surface area contributed by atoms with Crippen molar-refractivity contribution in [1.82, 2.24) is 15.6 Å². The fourth-order valence-electron chi connectivity index (χ4n) is 4.86. The van der Waals surface area contributed by atoms with Crippen molar-refractivity contribution in [3.8, 4) is 5.75 Å². The molecule has 0 unspecified atom stereocenters. The highest BCUT2D eigenvalue weighted by Gasteiger charge is 2.46. The number of amides is 2. The lowest BCUT2D eigenvalue weighted by atomic mass is 9.73. The molecular weight excluding hydrogens is 421 g/mol. The van der Waals surface area contributed by atoms with Gasteiger partial charge in [0.1, 0.15) is 17.2 Å². The number of hydrogen-bond donors (Lipinski definition) is 2. The van der Waals surface area contributed by atoms with Crippen molar-refractivity contribution in [3.63, 3.8) is 0 Å². The number of hydrogen-bond acceptors (Lipinski definition) is 4. The van der Waals surface area contributed by atoms with Crippen LogP contribution in [0.5, 0.6) is 5.75 Å². The molecule has 170 valence electrons. The predicted octanol–water partition coefficient (Wildman–Crippen LogP) is 4.42. The molecule has 1 aliphatic carbocycles. The van der Waals surface area contributed by atoms with E-state index in [9.17, 15) is 18.0 Å². The fraction of sp³-hybridized carbons (Fsp3) is 0.478. The number of carbonyl (C=O) groups is 1. The number of ether oxygens (including phenoxy) is 1. The molecule has 0 radical (unpaired) electrons.